The summed E-state index contributed by atoms with van der Waals surface area (Å²) in [6.45, 7) is 4.16. The summed E-state index contributed by atoms with van der Waals surface area (Å²) >= 11 is 0. The van der Waals surface area contributed by atoms with E-state index in [1.807, 2.05) is 13.8 Å². The van der Waals surface area contributed by atoms with Crippen LogP contribution in [0.4, 0.5) is 0 Å². The smallest absolute Gasteiger partial charge is 0.336 e. The average molecular weight is 313 g/mol. The van der Waals surface area contributed by atoms with Gasteiger partial charge in [-0.2, -0.15) is 4.31 Å². The number of esters is 1. The van der Waals surface area contributed by atoms with E-state index in [2.05, 4.69) is 4.74 Å². The molecule has 2 rings (SSSR count). The Morgan fingerprint density at radius 3 is 2.67 bits per heavy atom. The van der Waals surface area contributed by atoms with Gasteiger partial charge in [-0.25, -0.2) is 13.2 Å². The van der Waals surface area contributed by atoms with Crippen molar-refractivity contribution in [3.8, 4) is 0 Å². The summed E-state index contributed by atoms with van der Waals surface area (Å²) in [4.78, 5) is 11.7. The zero-order chi connectivity index (χ0) is 15.6. The zero-order valence-corrected chi connectivity index (χ0v) is 13.1. The average Bonchev–Trinajstić information content (AvgIpc) is 2.49. The lowest BCUT2D eigenvalue weighted by molar-refractivity contribution is -0.157. The first kappa shape index (κ1) is 15.9. The number of hydrogen-bond acceptors (Lipinski definition) is 5. The van der Waals surface area contributed by atoms with Gasteiger partial charge in [0.15, 0.2) is 6.10 Å². The molecule has 1 aliphatic rings. The van der Waals surface area contributed by atoms with Crippen molar-refractivity contribution in [1.82, 2.24) is 4.31 Å². The van der Waals surface area contributed by atoms with Gasteiger partial charge in [-0.15, -0.1) is 0 Å². The Bertz CT molecular complexity index is 641. The second-order valence-electron chi connectivity index (χ2n) is 4.99. The quantitative estimate of drug-likeness (QED) is 0.774. The van der Waals surface area contributed by atoms with Gasteiger partial charge in [0.1, 0.15) is 0 Å². The molecule has 1 atom stereocenters. The van der Waals surface area contributed by atoms with Crippen molar-refractivity contribution in [2.75, 3.05) is 26.8 Å². The Morgan fingerprint density at radius 1 is 1.33 bits per heavy atom. The van der Waals surface area contributed by atoms with E-state index in [4.69, 9.17) is 4.74 Å². The standard InChI is InChI=1S/C14H19NO5S/c1-10-4-5-12(8-11(10)2)21(17,18)15-6-7-20-13(9-15)14(16)19-3/h4-5,8,13H,6-7,9H2,1-3H3. The molecule has 116 valence electrons. The van der Waals surface area contributed by atoms with Gasteiger partial charge in [-0.05, 0) is 37.1 Å². The van der Waals surface area contributed by atoms with E-state index >= 15 is 0 Å². The number of carbonyl (C=O) groups excluding carboxylic acids is 1. The monoisotopic (exact) mass is 313 g/mol. The lowest BCUT2D eigenvalue weighted by atomic mass is 10.1. The third-order valence-electron chi connectivity index (χ3n) is 3.61. The molecule has 0 amide bonds. The Hall–Kier alpha value is -1.44. The Morgan fingerprint density at radius 2 is 2.05 bits per heavy atom. The number of aryl methyl sites for hydroxylation is 2. The highest BCUT2D eigenvalue weighted by molar-refractivity contribution is 7.89. The lowest BCUT2D eigenvalue weighted by Crippen LogP contribution is -2.48. The van der Waals surface area contributed by atoms with Crippen LogP contribution in [-0.4, -0.2) is 51.6 Å². The van der Waals surface area contributed by atoms with E-state index in [0.717, 1.165) is 11.1 Å². The largest absolute Gasteiger partial charge is 0.467 e. The number of methoxy groups -OCH3 is 1. The normalized spacial score (nSPS) is 20.2. The van der Waals surface area contributed by atoms with Crippen LogP contribution in [0.5, 0.6) is 0 Å². The van der Waals surface area contributed by atoms with E-state index < -0.39 is 22.1 Å². The number of sulfonamides is 1. The molecule has 7 heteroatoms. The first-order valence-corrected chi connectivity index (χ1v) is 8.07. The summed E-state index contributed by atoms with van der Waals surface area (Å²) in [5.74, 6) is -0.560. The molecule has 1 fully saturated rings. The molecule has 0 saturated carbocycles. The Balaban J connectivity index is 2.26. The zero-order valence-electron chi connectivity index (χ0n) is 12.3. The molecule has 0 radical (unpaired) electrons. The fourth-order valence-corrected chi connectivity index (χ4v) is 3.65. The molecule has 0 spiro atoms. The maximum absolute atomic E-state index is 12.6. The Kier molecular flexibility index (Phi) is 4.65. The molecule has 0 bridgehead atoms. The molecule has 1 heterocycles. The van der Waals surface area contributed by atoms with E-state index in [1.54, 1.807) is 18.2 Å². The molecule has 1 saturated heterocycles. The third-order valence-corrected chi connectivity index (χ3v) is 5.47. The van der Waals surface area contributed by atoms with E-state index in [9.17, 15) is 13.2 Å². The summed E-state index contributed by atoms with van der Waals surface area (Å²) in [7, 11) is -2.38. The minimum Gasteiger partial charge on any atom is -0.467 e. The molecule has 0 aromatic heterocycles. The SMILES string of the molecule is COC(=O)C1CN(S(=O)(=O)c2ccc(C)c(C)c2)CCO1. The Labute approximate surface area is 124 Å². The van der Waals surface area contributed by atoms with Crippen LogP contribution >= 0.6 is 0 Å². The maximum atomic E-state index is 12.6. The van der Waals surface area contributed by atoms with Gasteiger partial charge >= 0.3 is 5.97 Å². The van der Waals surface area contributed by atoms with E-state index in [-0.39, 0.29) is 24.6 Å². The minimum atomic E-state index is -3.63. The van der Waals surface area contributed by atoms with Crippen molar-refractivity contribution in [2.45, 2.75) is 24.8 Å². The number of nitrogens with zero attached hydrogens (tertiary/aromatic N) is 1. The second kappa shape index (κ2) is 6.13. The molecule has 0 N–H and O–H groups in total. The van der Waals surface area contributed by atoms with Crippen molar-refractivity contribution < 1.29 is 22.7 Å². The predicted octanol–water partition coefficient (Wildman–Crippen LogP) is 0.866. The highest BCUT2D eigenvalue weighted by Crippen LogP contribution is 2.21. The highest BCUT2D eigenvalue weighted by Gasteiger charge is 2.34. The highest BCUT2D eigenvalue weighted by atomic mass is 32.2. The molecule has 21 heavy (non-hydrogen) atoms. The topological polar surface area (TPSA) is 72.9 Å². The molecule has 1 aliphatic heterocycles. The van der Waals surface area contributed by atoms with Crippen LogP contribution in [0.15, 0.2) is 23.1 Å². The number of carbonyl (C=O) groups is 1. The van der Waals surface area contributed by atoms with Gasteiger partial charge in [0.2, 0.25) is 10.0 Å². The third kappa shape index (κ3) is 3.25. The van der Waals surface area contributed by atoms with Crippen LogP contribution in [0.3, 0.4) is 0 Å². The molecular weight excluding hydrogens is 294 g/mol. The number of benzene rings is 1. The first-order valence-electron chi connectivity index (χ1n) is 6.63. The summed E-state index contributed by atoms with van der Waals surface area (Å²) < 4.78 is 36.4. The van der Waals surface area contributed by atoms with Gasteiger partial charge in [-0.3, -0.25) is 0 Å². The van der Waals surface area contributed by atoms with E-state index in [0.29, 0.717) is 0 Å². The molecule has 6 nitrogen and oxygen atoms in total. The van der Waals surface area contributed by atoms with Crippen molar-refractivity contribution in [1.29, 1.82) is 0 Å². The van der Waals surface area contributed by atoms with Crippen LogP contribution in [0.25, 0.3) is 0 Å². The summed E-state index contributed by atoms with van der Waals surface area (Å²) in [5, 5.41) is 0. The van der Waals surface area contributed by atoms with Crippen LogP contribution in [0.1, 0.15) is 11.1 Å². The summed E-state index contributed by atoms with van der Waals surface area (Å²) in [6.07, 6.45) is -0.870. The number of ether oxygens (including phenoxy) is 2. The van der Waals surface area contributed by atoms with Crippen LogP contribution in [0, 0.1) is 13.8 Å². The van der Waals surface area contributed by atoms with Crippen molar-refractivity contribution in [3.63, 3.8) is 0 Å². The lowest BCUT2D eigenvalue weighted by Gasteiger charge is -2.30. The summed E-state index contributed by atoms with van der Waals surface area (Å²) in [6, 6.07) is 5.01. The van der Waals surface area contributed by atoms with Crippen LogP contribution < -0.4 is 0 Å². The van der Waals surface area contributed by atoms with Gasteiger partial charge in [0, 0.05) is 6.54 Å². The number of rotatable bonds is 3. The second-order valence-corrected chi connectivity index (χ2v) is 6.93. The fraction of sp³-hybridized carbons (Fsp3) is 0.500. The van der Waals surface area contributed by atoms with Gasteiger partial charge in [-0.1, -0.05) is 6.07 Å². The maximum Gasteiger partial charge on any atom is 0.336 e. The number of hydrogen-bond donors (Lipinski definition) is 0. The van der Waals surface area contributed by atoms with Crippen molar-refractivity contribution in [2.24, 2.45) is 0 Å². The minimum absolute atomic E-state index is 0.0259. The van der Waals surface area contributed by atoms with Crippen molar-refractivity contribution >= 4 is 16.0 Å². The molecule has 1 aromatic carbocycles. The van der Waals surface area contributed by atoms with Gasteiger partial charge in [0.25, 0.3) is 0 Å². The van der Waals surface area contributed by atoms with Crippen LogP contribution in [0.2, 0.25) is 0 Å². The van der Waals surface area contributed by atoms with Gasteiger partial charge in [0.05, 0.1) is 25.2 Å². The van der Waals surface area contributed by atoms with Crippen LogP contribution in [-0.2, 0) is 24.3 Å². The molecular formula is C14H19NO5S. The fourth-order valence-electron chi connectivity index (χ4n) is 2.14. The van der Waals surface area contributed by atoms with Gasteiger partial charge < -0.3 is 9.47 Å². The molecule has 0 aliphatic carbocycles. The van der Waals surface area contributed by atoms with E-state index in [1.165, 1.54) is 11.4 Å². The predicted molar refractivity (Wildman–Crippen MR) is 76.4 cm³/mol. The molecule has 1 aromatic rings. The first-order chi connectivity index (χ1) is 9.86. The van der Waals surface area contributed by atoms with Crippen molar-refractivity contribution in [3.05, 3.63) is 29.3 Å². The number of morpholine rings is 1. The summed E-state index contributed by atoms with van der Waals surface area (Å²) in [5.41, 5.74) is 1.94. The molecule has 1 unspecified atom stereocenters.